The number of carbonyl (C=O) groups is 4. The van der Waals surface area contributed by atoms with Gasteiger partial charge >= 0.3 is 5.97 Å². The minimum atomic E-state index is -1.28. The number of aliphatic carboxylic acids is 1. The van der Waals surface area contributed by atoms with Crippen LogP contribution in [0.2, 0.25) is 0 Å². The van der Waals surface area contributed by atoms with E-state index in [-0.39, 0.29) is 24.2 Å². The van der Waals surface area contributed by atoms with Gasteiger partial charge in [0.2, 0.25) is 17.7 Å². The van der Waals surface area contributed by atoms with Gasteiger partial charge in [-0.2, -0.15) is 0 Å². The Morgan fingerprint density at radius 3 is 1.80 bits per heavy atom. The lowest BCUT2D eigenvalue weighted by atomic mass is 9.96. The van der Waals surface area contributed by atoms with E-state index >= 15 is 0 Å². The van der Waals surface area contributed by atoms with Crippen LogP contribution in [0.5, 0.6) is 0 Å². The van der Waals surface area contributed by atoms with Crippen molar-refractivity contribution in [2.24, 2.45) is 23.5 Å². The van der Waals surface area contributed by atoms with Crippen LogP contribution in [0.25, 0.3) is 0 Å². The van der Waals surface area contributed by atoms with Crippen molar-refractivity contribution in [2.75, 3.05) is 6.61 Å². The fraction of sp³-hybridized carbons (Fsp3) is 0.800. The molecule has 0 bridgehead atoms. The third kappa shape index (κ3) is 9.08. The number of rotatable bonds is 13. The predicted octanol–water partition coefficient (Wildman–Crippen LogP) is -0.407. The van der Waals surface area contributed by atoms with Gasteiger partial charge in [0, 0.05) is 0 Å². The first kappa shape index (κ1) is 27.8. The Labute approximate surface area is 178 Å². The second-order valence-electron chi connectivity index (χ2n) is 8.41. The molecule has 0 aromatic heterocycles. The number of amides is 3. The molecule has 174 valence electrons. The highest BCUT2D eigenvalue weighted by atomic mass is 16.4. The smallest absolute Gasteiger partial charge is 0.326 e. The maximum atomic E-state index is 12.7. The number of hydrogen-bond donors (Lipinski definition) is 6. The number of carboxylic acids is 1. The zero-order valence-corrected chi connectivity index (χ0v) is 18.8. The van der Waals surface area contributed by atoms with Gasteiger partial charge in [-0.3, -0.25) is 14.4 Å². The van der Waals surface area contributed by atoms with Gasteiger partial charge in [-0.25, -0.2) is 4.79 Å². The Morgan fingerprint density at radius 2 is 1.40 bits per heavy atom. The van der Waals surface area contributed by atoms with E-state index in [2.05, 4.69) is 16.0 Å². The Morgan fingerprint density at radius 1 is 0.867 bits per heavy atom. The van der Waals surface area contributed by atoms with Crippen LogP contribution in [0.4, 0.5) is 0 Å². The molecule has 0 saturated heterocycles. The molecule has 0 fully saturated rings. The van der Waals surface area contributed by atoms with E-state index in [9.17, 15) is 29.4 Å². The highest BCUT2D eigenvalue weighted by Crippen LogP contribution is 2.11. The lowest BCUT2D eigenvalue weighted by Gasteiger charge is -2.28. The summed E-state index contributed by atoms with van der Waals surface area (Å²) in [6, 6.07) is -4.25. The first-order valence-electron chi connectivity index (χ1n) is 10.4. The largest absolute Gasteiger partial charge is 0.480 e. The third-order valence-electron chi connectivity index (χ3n) is 4.95. The van der Waals surface area contributed by atoms with Crippen molar-refractivity contribution in [1.82, 2.24) is 16.0 Å². The molecule has 5 atom stereocenters. The summed E-state index contributed by atoms with van der Waals surface area (Å²) in [5.74, 6) is -3.57. The van der Waals surface area contributed by atoms with Crippen LogP contribution in [0, 0.1) is 17.8 Å². The van der Waals surface area contributed by atoms with E-state index in [1.807, 2.05) is 20.8 Å². The summed E-state index contributed by atoms with van der Waals surface area (Å²) >= 11 is 0. The van der Waals surface area contributed by atoms with Gasteiger partial charge in [0.05, 0.1) is 12.6 Å². The number of carbonyl (C=O) groups excluding carboxylic acids is 3. The van der Waals surface area contributed by atoms with Gasteiger partial charge in [-0.15, -0.1) is 0 Å². The Bertz CT molecular complexity index is 596. The predicted molar refractivity (Wildman–Crippen MR) is 112 cm³/mol. The van der Waals surface area contributed by atoms with Crippen LogP contribution in [0.1, 0.15) is 54.4 Å². The standard InChI is InChI=1S/C20H38N4O6/c1-7-12(6)16(19(28)22-13(20(29)30)8-10(2)3)24-17(26)14(9-25)23-18(27)15(21)11(4)5/h10-16,25H,7-9,21H2,1-6H3,(H,22,28)(H,23,27)(H,24,26)(H,29,30). The number of aliphatic hydroxyl groups excluding tert-OH is 1. The van der Waals surface area contributed by atoms with Crippen LogP contribution < -0.4 is 21.7 Å². The van der Waals surface area contributed by atoms with Gasteiger partial charge in [0.15, 0.2) is 0 Å². The lowest BCUT2D eigenvalue weighted by molar-refractivity contribution is -0.143. The summed E-state index contributed by atoms with van der Waals surface area (Å²) < 4.78 is 0. The van der Waals surface area contributed by atoms with Gasteiger partial charge in [-0.05, 0) is 24.2 Å². The average Bonchev–Trinajstić information content (AvgIpc) is 2.67. The molecule has 0 spiro atoms. The Kier molecular flexibility index (Phi) is 12.2. The molecular formula is C20H38N4O6. The van der Waals surface area contributed by atoms with Gasteiger partial charge < -0.3 is 31.9 Å². The summed E-state index contributed by atoms with van der Waals surface area (Å²) in [7, 11) is 0. The Hall–Kier alpha value is -2.20. The number of hydrogen-bond acceptors (Lipinski definition) is 6. The molecule has 7 N–H and O–H groups in total. The van der Waals surface area contributed by atoms with Crippen molar-refractivity contribution in [3.63, 3.8) is 0 Å². The zero-order valence-electron chi connectivity index (χ0n) is 18.8. The molecule has 0 aromatic rings. The number of aliphatic hydroxyl groups is 1. The van der Waals surface area contributed by atoms with Crippen LogP contribution in [0.3, 0.4) is 0 Å². The number of nitrogens with one attached hydrogen (secondary N) is 3. The fourth-order valence-corrected chi connectivity index (χ4v) is 2.67. The summed E-state index contributed by atoms with van der Waals surface area (Å²) in [5.41, 5.74) is 5.76. The first-order chi connectivity index (χ1) is 13.8. The minimum absolute atomic E-state index is 0.0437. The number of nitrogens with two attached hydrogens (primary N) is 1. The normalized spacial score (nSPS) is 16.3. The van der Waals surface area contributed by atoms with Crippen molar-refractivity contribution in [3.05, 3.63) is 0 Å². The maximum absolute atomic E-state index is 12.7. The molecule has 5 unspecified atom stereocenters. The average molecular weight is 431 g/mol. The van der Waals surface area contributed by atoms with Gasteiger partial charge in [0.25, 0.3) is 0 Å². The van der Waals surface area contributed by atoms with Crippen molar-refractivity contribution in [2.45, 2.75) is 78.6 Å². The molecule has 30 heavy (non-hydrogen) atoms. The third-order valence-corrected chi connectivity index (χ3v) is 4.95. The number of carboxylic acid groups (broad SMARTS) is 1. The molecule has 0 aliphatic carbocycles. The van der Waals surface area contributed by atoms with Crippen LogP contribution in [0.15, 0.2) is 0 Å². The van der Waals surface area contributed by atoms with E-state index in [1.165, 1.54) is 0 Å². The van der Waals surface area contributed by atoms with Gasteiger partial charge in [-0.1, -0.05) is 48.0 Å². The van der Waals surface area contributed by atoms with E-state index in [0.717, 1.165) is 0 Å². The van der Waals surface area contributed by atoms with E-state index < -0.39 is 54.5 Å². The highest BCUT2D eigenvalue weighted by Gasteiger charge is 2.32. The van der Waals surface area contributed by atoms with E-state index in [1.54, 1.807) is 20.8 Å². The fourth-order valence-electron chi connectivity index (χ4n) is 2.67. The summed E-state index contributed by atoms with van der Waals surface area (Å²) in [4.78, 5) is 48.9. The molecule has 10 heteroatoms. The molecule has 0 saturated carbocycles. The maximum Gasteiger partial charge on any atom is 0.326 e. The zero-order chi connectivity index (χ0) is 23.6. The molecule has 0 rings (SSSR count). The minimum Gasteiger partial charge on any atom is -0.480 e. The molecule has 0 heterocycles. The van der Waals surface area contributed by atoms with Crippen LogP contribution >= 0.6 is 0 Å². The van der Waals surface area contributed by atoms with Crippen LogP contribution in [-0.4, -0.2) is 64.7 Å². The van der Waals surface area contributed by atoms with Crippen molar-refractivity contribution in [3.8, 4) is 0 Å². The van der Waals surface area contributed by atoms with E-state index in [0.29, 0.717) is 6.42 Å². The molecule has 0 aliphatic heterocycles. The molecule has 0 aliphatic rings. The molecule has 3 amide bonds. The molecular weight excluding hydrogens is 392 g/mol. The summed E-state index contributed by atoms with van der Waals surface area (Å²) in [6.07, 6.45) is 0.777. The lowest BCUT2D eigenvalue weighted by Crippen LogP contribution is -2.59. The van der Waals surface area contributed by atoms with Gasteiger partial charge in [0.1, 0.15) is 18.1 Å². The molecule has 10 nitrogen and oxygen atoms in total. The SMILES string of the molecule is CCC(C)C(NC(=O)C(CO)NC(=O)C(N)C(C)C)C(=O)NC(CC(C)C)C(=O)O. The Balaban J connectivity index is 5.34. The summed E-state index contributed by atoms with van der Waals surface area (Å²) in [5, 5.41) is 26.3. The highest BCUT2D eigenvalue weighted by molar-refractivity contribution is 5.94. The van der Waals surface area contributed by atoms with E-state index in [4.69, 9.17) is 5.73 Å². The summed E-state index contributed by atoms with van der Waals surface area (Å²) in [6.45, 7) is 10.1. The molecule has 0 aromatic carbocycles. The molecule has 0 radical (unpaired) electrons. The van der Waals surface area contributed by atoms with Crippen LogP contribution in [-0.2, 0) is 19.2 Å². The topological polar surface area (TPSA) is 171 Å². The first-order valence-corrected chi connectivity index (χ1v) is 10.4. The second-order valence-corrected chi connectivity index (χ2v) is 8.41. The quantitative estimate of drug-likeness (QED) is 0.231. The van der Waals surface area contributed by atoms with Crippen molar-refractivity contribution in [1.29, 1.82) is 0 Å². The van der Waals surface area contributed by atoms with Crippen molar-refractivity contribution >= 4 is 23.7 Å². The second kappa shape index (κ2) is 13.2. The van der Waals surface area contributed by atoms with Crippen molar-refractivity contribution < 1.29 is 29.4 Å². The monoisotopic (exact) mass is 430 g/mol.